The maximum Gasteiger partial charge on any atom is 0.262 e. The summed E-state index contributed by atoms with van der Waals surface area (Å²) < 4.78 is 7.19. The normalized spacial score (nSPS) is 13.6. The number of amides is 1. The van der Waals surface area contributed by atoms with Gasteiger partial charge in [0.15, 0.2) is 0 Å². The van der Waals surface area contributed by atoms with E-state index in [1.165, 1.54) is 0 Å². The SMILES string of the molecule is COc1ccc2c(c1)nc1n2CCC(O)=C1C(=O)Nc1ccccc1. The van der Waals surface area contributed by atoms with E-state index in [9.17, 15) is 9.90 Å². The summed E-state index contributed by atoms with van der Waals surface area (Å²) in [6, 6.07) is 14.8. The first kappa shape index (κ1) is 15.3. The molecule has 1 amide bonds. The largest absolute Gasteiger partial charge is 0.511 e. The van der Waals surface area contributed by atoms with Crippen LogP contribution in [0.3, 0.4) is 0 Å². The van der Waals surface area contributed by atoms with E-state index in [1.807, 2.05) is 41.0 Å². The first-order chi connectivity index (χ1) is 12.2. The van der Waals surface area contributed by atoms with E-state index in [0.717, 1.165) is 11.0 Å². The number of aromatic nitrogens is 2. The molecule has 0 radical (unpaired) electrons. The summed E-state index contributed by atoms with van der Waals surface area (Å²) in [6.45, 7) is 0.576. The van der Waals surface area contributed by atoms with Crippen LogP contribution in [-0.4, -0.2) is 27.7 Å². The Bertz CT molecular complexity index is 990. The van der Waals surface area contributed by atoms with Crippen molar-refractivity contribution >= 4 is 28.2 Å². The van der Waals surface area contributed by atoms with E-state index in [2.05, 4.69) is 10.3 Å². The second-order valence-electron chi connectivity index (χ2n) is 5.83. The number of hydrogen-bond donors (Lipinski definition) is 2. The summed E-state index contributed by atoms with van der Waals surface area (Å²) in [7, 11) is 1.60. The number of benzene rings is 2. The van der Waals surface area contributed by atoms with Gasteiger partial charge in [-0.15, -0.1) is 0 Å². The van der Waals surface area contributed by atoms with Crippen LogP contribution in [-0.2, 0) is 11.3 Å². The first-order valence-electron chi connectivity index (χ1n) is 8.00. The molecule has 6 heteroatoms. The Morgan fingerprint density at radius 3 is 2.80 bits per heavy atom. The number of fused-ring (bicyclic) bond motifs is 3. The Hall–Kier alpha value is -3.28. The van der Waals surface area contributed by atoms with Crippen LogP contribution in [0, 0.1) is 0 Å². The van der Waals surface area contributed by atoms with Crippen molar-refractivity contribution in [2.75, 3.05) is 12.4 Å². The molecule has 0 aliphatic carbocycles. The van der Waals surface area contributed by atoms with Gasteiger partial charge in [0, 0.05) is 24.7 Å². The molecule has 2 N–H and O–H groups in total. The van der Waals surface area contributed by atoms with E-state index in [-0.39, 0.29) is 17.2 Å². The predicted molar refractivity (Wildman–Crippen MR) is 95.5 cm³/mol. The number of ether oxygens (including phenoxy) is 1. The van der Waals surface area contributed by atoms with E-state index in [4.69, 9.17) is 4.74 Å². The van der Waals surface area contributed by atoms with E-state index < -0.39 is 0 Å². The van der Waals surface area contributed by atoms with Crippen LogP contribution in [0.2, 0.25) is 0 Å². The second kappa shape index (κ2) is 5.98. The van der Waals surface area contributed by atoms with Gasteiger partial charge < -0.3 is 19.7 Å². The van der Waals surface area contributed by atoms with Crippen LogP contribution in [0.1, 0.15) is 12.2 Å². The van der Waals surface area contributed by atoms with Crippen molar-refractivity contribution < 1.29 is 14.6 Å². The highest BCUT2D eigenvalue weighted by Crippen LogP contribution is 2.31. The van der Waals surface area contributed by atoms with Crippen molar-refractivity contribution in [3.05, 3.63) is 60.1 Å². The number of imidazole rings is 1. The Morgan fingerprint density at radius 2 is 2.04 bits per heavy atom. The highest BCUT2D eigenvalue weighted by Gasteiger charge is 2.28. The average molecular weight is 335 g/mol. The lowest BCUT2D eigenvalue weighted by atomic mass is 10.1. The molecule has 1 aromatic heterocycles. The molecular formula is C19H17N3O3. The number of rotatable bonds is 3. The smallest absolute Gasteiger partial charge is 0.262 e. The predicted octanol–water partition coefficient (Wildman–Crippen LogP) is 3.36. The third-order valence-electron chi connectivity index (χ3n) is 4.30. The number of hydrogen-bond acceptors (Lipinski definition) is 4. The second-order valence-corrected chi connectivity index (χ2v) is 5.83. The van der Waals surface area contributed by atoms with Gasteiger partial charge in [0.2, 0.25) is 0 Å². The van der Waals surface area contributed by atoms with Crippen molar-refractivity contribution in [3.63, 3.8) is 0 Å². The summed E-state index contributed by atoms with van der Waals surface area (Å²) in [5.74, 6) is 0.863. The Kier molecular flexibility index (Phi) is 3.65. The highest BCUT2D eigenvalue weighted by atomic mass is 16.5. The van der Waals surface area contributed by atoms with E-state index >= 15 is 0 Å². The third kappa shape index (κ3) is 2.61. The molecule has 4 rings (SSSR count). The number of anilines is 1. The van der Waals surface area contributed by atoms with Crippen molar-refractivity contribution in [2.45, 2.75) is 13.0 Å². The van der Waals surface area contributed by atoms with Crippen LogP contribution < -0.4 is 10.1 Å². The molecule has 1 aliphatic rings. The number of aliphatic hydroxyl groups excluding tert-OH is 1. The maximum absolute atomic E-state index is 12.7. The minimum Gasteiger partial charge on any atom is -0.511 e. The van der Waals surface area contributed by atoms with Crippen LogP contribution in [0.15, 0.2) is 54.3 Å². The molecule has 0 unspecified atom stereocenters. The number of carbonyl (C=O) groups excluding carboxylic acids is 1. The molecule has 6 nitrogen and oxygen atoms in total. The zero-order chi connectivity index (χ0) is 17.4. The maximum atomic E-state index is 12.7. The fourth-order valence-corrected chi connectivity index (χ4v) is 3.07. The number of aliphatic hydroxyl groups is 1. The molecule has 0 spiro atoms. The zero-order valence-corrected chi connectivity index (χ0v) is 13.7. The molecular weight excluding hydrogens is 318 g/mol. The van der Waals surface area contributed by atoms with Crippen LogP contribution in [0.4, 0.5) is 5.69 Å². The lowest BCUT2D eigenvalue weighted by Gasteiger charge is -2.18. The van der Waals surface area contributed by atoms with Crippen LogP contribution in [0.5, 0.6) is 5.75 Å². The molecule has 126 valence electrons. The van der Waals surface area contributed by atoms with E-state index in [1.54, 1.807) is 19.2 Å². The number of nitrogens with one attached hydrogen (secondary N) is 1. The summed E-state index contributed by atoms with van der Waals surface area (Å²) in [4.78, 5) is 17.3. The third-order valence-corrected chi connectivity index (χ3v) is 4.30. The summed E-state index contributed by atoms with van der Waals surface area (Å²) in [6.07, 6.45) is 0.391. The number of nitrogens with zero attached hydrogens (tertiary/aromatic N) is 2. The van der Waals surface area contributed by atoms with Gasteiger partial charge in [-0.05, 0) is 24.3 Å². The van der Waals surface area contributed by atoms with Gasteiger partial charge >= 0.3 is 0 Å². The van der Waals surface area contributed by atoms with Crippen LogP contribution >= 0.6 is 0 Å². The quantitative estimate of drug-likeness (QED) is 0.769. The van der Waals surface area contributed by atoms with Gasteiger partial charge in [0.1, 0.15) is 22.9 Å². The summed E-state index contributed by atoms with van der Waals surface area (Å²) >= 11 is 0. The molecule has 2 aromatic carbocycles. The van der Waals surface area contributed by atoms with Gasteiger partial charge in [0.05, 0.1) is 18.1 Å². The molecule has 0 saturated heterocycles. The van der Waals surface area contributed by atoms with Gasteiger partial charge in [-0.2, -0.15) is 0 Å². The van der Waals surface area contributed by atoms with Gasteiger partial charge in [-0.3, -0.25) is 4.79 Å². The number of carbonyl (C=O) groups is 1. The average Bonchev–Trinajstić information content (AvgIpc) is 2.99. The van der Waals surface area contributed by atoms with E-state index in [0.29, 0.717) is 30.2 Å². The number of para-hydroxylation sites is 1. The number of methoxy groups -OCH3 is 1. The molecule has 0 atom stereocenters. The number of allylic oxidation sites excluding steroid dienone is 1. The minimum atomic E-state index is -0.369. The fourth-order valence-electron chi connectivity index (χ4n) is 3.07. The lowest BCUT2D eigenvalue weighted by Crippen LogP contribution is -2.22. The molecule has 0 saturated carbocycles. The molecule has 2 heterocycles. The molecule has 0 bridgehead atoms. The summed E-state index contributed by atoms with van der Waals surface area (Å²) in [5.41, 5.74) is 2.52. The Labute approximate surface area is 144 Å². The molecule has 3 aromatic rings. The monoisotopic (exact) mass is 335 g/mol. The fraction of sp³-hybridized carbons (Fsp3) is 0.158. The Morgan fingerprint density at radius 1 is 1.24 bits per heavy atom. The highest BCUT2D eigenvalue weighted by molar-refractivity contribution is 6.25. The standard InChI is InChI=1S/C19H17N3O3/c1-25-13-7-8-15-14(11-13)21-18-17(16(23)9-10-22(15)18)19(24)20-12-5-3-2-4-6-12/h2-8,11,23H,9-10H2,1H3,(H,20,24). The van der Waals surface area contributed by atoms with Crippen molar-refractivity contribution in [1.29, 1.82) is 0 Å². The van der Waals surface area contributed by atoms with Gasteiger partial charge in [-0.25, -0.2) is 4.98 Å². The van der Waals surface area contributed by atoms with Crippen LogP contribution in [0.25, 0.3) is 16.6 Å². The van der Waals surface area contributed by atoms with Crippen molar-refractivity contribution in [3.8, 4) is 5.75 Å². The zero-order valence-electron chi connectivity index (χ0n) is 13.7. The van der Waals surface area contributed by atoms with Crippen molar-refractivity contribution in [1.82, 2.24) is 9.55 Å². The molecule has 0 fully saturated rings. The Balaban J connectivity index is 1.77. The lowest BCUT2D eigenvalue weighted by molar-refractivity contribution is -0.111. The summed E-state index contributed by atoms with van der Waals surface area (Å²) in [5, 5.41) is 13.1. The van der Waals surface area contributed by atoms with Crippen molar-refractivity contribution in [2.24, 2.45) is 0 Å². The number of aryl methyl sites for hydroxylation is 1. The van der Waals surface area contributed by atoms with Gasteiger partial charge in [0.25, 0.3) is 5.91 Å². The minimum absolute atomic E-state index is 0.0585. The van der Waals surface area contributed by atoms with Gasteiger partial charge in [-0.1, -0.05) is 18.2 Å². The molecule has 1 aliphatic heterocycles. The topological polar surface area (TPSA) is 76.4 Å². The molecule has 25 heavy (non-hydrogen) atoms. The first-order valence-corrected chi connectivity index (χ1v) is 8.00.